The van der Waals surface area contributed by atoms with E-state index in [9.17, 15) is 9.90 Å². The number of hydrogen-bond acceptors (Lipinski definition) is 7. The van der Waals surface area contributed by atoms with Gasteiger partial charge in [-0.3, -0.25) is 9.69 Å². The minimum absolute atomic E-state index is 0.150. The highest BCUT2D eigenvalue weighted by Gasteiger charge is 2.50. The van der Waals surface area contributed by atoms with E-state index in [1.54, 1.807) is 19.5 Å². The van der Waals surface area contributed by atoms with Gasteiger partial charge in [0.1, 0.15) is 6.54 Å². The summed E-state index contributed by atoms with van der Waals surface area (Å²) in [4.78, 5) is 21.2. The molecule has 132 valence electrons. The lowest BCUT2D eigenvalue weighted by Gasteiger charge is -2.42. The van der Waals surface area contributed by atoms with Crippen molar-refractivity contribution in [1.82, 2.24) is 14.9 Å². The SMILES string of the molecule is CO[C@@]12CC[C@H](O)C[C@@H]1N(Cc1cnc(NCC(=O)O)nc1)CC2. The molecule has 0 radical (unpaired) electrons. The lowest BCUT2D eigenvalue weighted by molar-refractivity contribution is -0.134. The third kappa shape index (κ3) is 3.50. The summed E-state index contributed by atoms with van der Waals surface area (Å²) in [6.45, 7) is 1.41. The number of hydrogen-bond donors (Lipinski definition) is 3. The standard InChI is InChI=1S/C16H24N4O4/c1-24-16-3-2-12(21)6-13(16)20(5-4-16)10-11-7-17-15(18-8-11)19-9-14(22)23/h7-8,12-13,21H,2-6,9-10H2,1H3,(H,22,23)(H,17,18,19)/t12-,13-,16+/m0/s1. The predicted octanol–water partition coefficient (Wildman–Crippen LogP) is 0.477. The number of ether oxygens (including phenoxy) is 1. The highest BCUT2D eigenvalue weighted by molar-refractivity contribution is 5.71. The maximum Gasteiger partial charge on any atom is 0.322 e. The van der Waals surface area contributed by atoms with Gasteiger partial charge in [0.2, 0.25) is 5.95 Å². The van der Waals surface area contributed by atoms with Gasteiger partial charge in [-0.25, -0.2) is 9.97 Å². The Balaban J connectivity index is 1.64. The largest absolute Gasteiger partial charge is 0.480 e. The number of carbonyl (C=O) groups is 1. The maximum atomic E-state index is 10.5. The molecule has 8 heteroatoms. The molecule has 0 amide bonds. The molecule has 2 aliphatic rings. The number of anilines is 1. The summed E-state index contributed by atoms with van der Waals surface area (Å²) >= 11 is 0. The average molecular weight is 336 g/mol. The molecule has 1 aliphatic heterocycles. The van der Waals surface area contributed by atoms with E-state index in [0.717, 1.165) is 37.8 Å². The first-order chi connectivity index (χ1) is 11.5. The van der Waals surface area contributed by atoms with Crippen molar-refractivity contribution in [2.45, 2.75) is 50.0 Å². The Kier molecular flexibility index (Phi) is 4.98. The third-order valence-electron chi connectivity index (χ3n) is 5.16. The van der Waals surface area contributed by atoms with Crippen LogP contribution in [0.15, 0.2) is 12.4 Å². The summed E-state index contributed by atoms with van der Waals surface area (Å²) in [7, 11) is 1.76. The van der Waals surface area contributed by atoms with E-state index in [1.807, 2.05) is 0 Å². The summed E-state index contributed by atoms with van der Waals surface area (Å²) in [5.74, 6) is -0.645. The van der Waals surface area contributed by atoms with Crippen LogP contribution in [-0.4, -0.2) is 69.0 Å². The Morgan fingerprint density at radius 2 is 2.21 bits per heavy atom. The number of aliphatic carboxylic acids is 1. The van der Waals surface area contributed by atoms with Crippen LogP contribution in [0.1, 0.15) is 31.2 Å². The Morgan fingerprint density at radius 3 is 2.88 bits per heavy atom. The minimum Gasteiger partial charge on any atom is -0.480 e. The van der Waals surface area contributed by atoms with Crippen LogP contribution in [0.25, 0.3) is 0 Å². The number of aliphatic hydroxyl groups excluding tert-OH is 1. The molecule has 1 saturated heterocycles. The van der Waals surface area contributed by atoms with E-state index >= 15 is 0 Å². The van der Waals surface area contributed by atoms with Gasteiger partial charge in [-0.05, 0) is 25.7 Å². The predicted molar refractivity (Wildman–Crippen MR) is 86.6 cm³/mol. The van der Waals surface area contributed by atoms with Crippen molar-refractivity contribution in [3.8, 4) is 0 Å². The van der Waals surface area contributed by atoms with Crippen molar-refractivity contribution < 1.29 is 19.7 Å². The van der Waals surface area contributed by atoms with Crippen LogP contribution in [0.2, 0.25) is 0 Å². The van der Waals surface area contributed by atoms with Crippen LogP contribution < -0.4 is 5.32 Å². The van der Waals surface area contributed by atoms with E-state index in [2.05, 4.69) is 20.2 Å². The van der Waals surface area contributed by atoms with Gasteiger partial charge >= 0.3 is 5.97 Å². The second-order valence-electron chi connectivity index (χ2n) is 6.60. The summed E-state index contributed by atoms with van der Waals surface area (Å²) in [6, 6.07) is 0.205. The Morgan fingerprint density at radius 1 is 1.46 bits per heavy atom. The Hall–Kier alpha value is -1.77. The summed E-state index contributed by atoms with van der Waals surface area (Å²) in [5, 5.41) is 21.3. The molecule has 0 aromatic carbocycles. The summed E-state index contributed by atoms with van der Waals surface area (Å²) in [5.41, 5.74) is 0.811. The first-order valence-electron chi connectivity index (χ1n) is 8.26. The lowest BCUT2D eigenvalue weighted by Crippen LogP contribution is -2.51. The highest BCUT2D eigenvalue weighted by atomic mass is 16.5. The number of nitrogens with one attached hydrogen (secondary N) is 1. The number of rotatable bonds is 6. The minimum atomic E-state index is -0.952. The molecule has 1 aliphatic carbocycles. The van der Waals surface area contributed by atoms with Crippen LogP contribution >= 0.6 is 0 Å². The van der Waals surface area contributed by atoms with Crippen molar-refractivity contribution in [1.29, 1.82) is 0 Å². The van der Waals surface area contributed by atoms with E-state index in [0.29, 0.717) is 12.5 Å². The number of aliphatic hydroxyl groups is 1. The van der Waals surface area contributed by atoms with Crippen molar-refractivity contribution >= 4 is 11.9 Å². The molecular formula is C16H24N4O4. The van der Waals surface area contributed by atoms with E-state index in [1.165, 1.54) is 0 Å². The topological polar surface area (TPSA) is 108 Å². The zero-order valence-electron chi connectivity index (χ0n) is 13.8. The second kappa shape index (κ2) is 7.00. The average Bonchev–Trinajstić information content (AvgIpc) is 2.93. The first-order valence-corrected chi connectivity index (χ1v) is 8.26. The van der Waals surface area contributed by atoms with Crippen LogP contribution in [0.4, 0.5) is 5.95 Å². The van der Waals surface area contributed by atoms with Crippen LogP contribution in [0.3, 0.4) is 0 Å². The number of carboxylic acid groups (broad SMARTS) is 1. The van der Waals surface area contributed by atoms with Gasteiger partial charge in [-0.15, -0.1) is 0 Å². The lowest BCUT2D eigenvalue weighted by atomic mass is 9.79. The molecule has 8 nitrogen and oxygen atoms in total. The van der Waals surface area contributed by atoms with E-state index in [4.69, 9.17) is 9.84 Å². The van der Waals surface area contributed by atoms with Crippen molar-refractivity contribution in [2.75, 3.05) is 25.5 Å². The third-order valence-corrected chi connectivity index (χ3v) is 5.16. The van der Waals surface area contributed by atoms with Crippen molar-refractivity contribution in [2.24, 2.45) is 0 Å². The Labute approximate surface area is 140 Å². The zero-order chi connectivity index (χ0) is 17.2. The van der Waals surface area contributed by atoms with Crippen molar-refractivity contribution in [3.63, 3.8) is 0 Å². The number of methoxy groups -OCH3 is 1. The molecule has 3 N–H and O–H groups in total. The van der Waals surface area contributed by atoms with Gasteiger partial charge in [-0.1, -0.05) is 0 Å². The first kappa shape index (κ1) is 17.1. The number of fused-ring (bicyclic) bond motifs is 1. The number of likely N-dealkylation sites (tertiary alicyclic amines) is 1. The fourth-order valence-electron chi connectivity index (χ4n) is 3.88. The molecule has 3 atom stereocenters. The van der Waals surface area contributed by atoms with Gasteiger partial charge in [0.25, 0.3) is 0 Å². The monoisotopic (exact) mass is 336 g/mol. The number of aromatic nitrogens is 2. The Bertz CT molecular complexity index is 582. The molecule has 1 saturated carbocycles. The molecule has 0 unspecified atom stereocenters. The van der Waals surface area contributed by atoms with Gasteiger partial charge in [0.15, 0.2) is 0 Å². The molecular weight excluding hydrogens is 312 g/mol. The smallest absolute Gasteiger partial charge is 0.322 e. The highest BCUT2D eigenvalue weighted by Crippen LogP contribution is 2.42. The van der Waals surface area contributed by atoms with E-state index in [-0.39, 0.29) is 24.3 Å². The van der Waals surface area contributed by atoms with Crippen LogP contribution in [0.5, 0.6) is 0 Å². The molecule has 2 heterocycles. The summed E-state index contributed by atoms with van der Waals surface area (Å²) in [6.07, 6.45) is 6.54. The molecule has 24 heavy (non-hydrogen) atoms. The fourth-order valence-corrected chi connectivity index (χ4v) is 3.88. The van der Waals surface area contributed by atoms with Gasteiger partial charge < -0.3 is 20.3 Å². The molecule has 1 aromatic heterocycles. The van der Waals surface area contributed by atoms with Crippen molar-refractivity contribution in [3.05, 3.63) is 18.0 Å². The molecule has 0 bridgehead atoms. The zero-order valence-corrected chi connectivity index (χ0v) is 13.8. The maximum absolute atomic E-state index is 10.5. The molecule has 1 aromatic rings. The van der Waals surface area contributed by atoms with Gasteiger partial charge in [0.05, 0.1) is 11.7 Å². The van der Waals surface area contributed by atoms with Crippen LogP contribution in [0, 0.1) is 0 Å². The van der Waals surface area contributed by atoms with Crippen LogP contribution in [-0.2, 0) is 16.1 Å². The molecule has 0 spiro atoms. The molecule has 2 fully saturated rings. The normalized spacial score (nSPS) is 30.1. The molecule has 3 rings (SSSR count). The van der Waals surface area contributed by atoms with E-state index < -0.39 is 5.97 Å². The van der Waals surface area contributed by atoms with Gasteiger partial charge in [-0.2, -0.15) is 0 Å². The van der Waals surface area contributed by atoms with Gasteiger partial charge in [0, 0.05) is 44.2 Å². The summed E-state index contributed by atoms with van der Waals surface area (Å²) < 4.78 is 5.84. The second-order valence-corrected chi connectivity index (χ2v) is 6.60. The number of nitrogens with zero attached hydrogens (tertiary/aromatic N) is 3. The number of carboxylic acids is 1. The quantitative estimate of drug-likeness (QED) is 0.688. The fraction of sp³-hybridized carbons (Fsp3) is 0.688.